The fraction of sp³-hybridized carbons (Fsp3) is 0.188. The number of fused-ring (bicyclic) bond motifs is 1. The van der Waals surface area contributed by atoms with Crippen LogP contribution in [0.2, 0.25) is 0 Å². The highest BCUT2D eigenvalue weighted by Crippen LogP contribution is 2.27. The van der Waals surface area contributed by atoms with Crippen molar-refractivity contribution in [2.45, 2.75) is 6.54 Å². The van der Waals surface area contributed by atoms with Crippen LogP contribution in [0, 0.1) is 0 Å². The average molecular weight is 312 g/mol. The lowest BCUT2D eigenvalue weighted by Gasteiger charge is -2.10. The Morgan fingerprint density at radius 1 is 1.17 bits per heavy atom. The summed E-state index contributed by atoms with van der Waals surface area (Å²) in [6, 6.07) is 10.8. The molecule has 0 saturated heterocycles. The fourth-order valence-corrected chi connectivity index (χ4v) is 2.28. The Kier molecular flexibility index (Phi) is 4.09. The fourth-order valence-electron chi connectivity index (χ4n) is 2.28. The molecule has 118 valence electrons. The van der Waals surface area contributed by atoms with Crippen molar-refractivity contribution in [3.05, 3.63) is 54.0 Å². The van der Waals surface area contributed by atoms with Gasteiger partial charge in [-0.15, -0.1) is 0 Å². The molecule has 0 aliphatic rings. The van der Waals surface area contributed by atoms with Crippen LogP contribution in [0.5, 0.6) is 11.5 Å². The van der Waals surface area contributed by atoms with Gasteiger partial charge in [0.05, 0.1) is 14.2 Å². The molecule has 0 aliphatic carbocycles. The number of hydrogen-bond donors (Lipinski definition) is 1. The quantitative estimate of drug-likeness (QED) is 0.775. The third kappa shape index (κ3) is 2.94. The minimum atomic E-state index is -0.226. The number of benzene rings is 1. The molecule has 3 aromatic rings. The van der Waals surface area contributed by atoms with Gasteiger partial charge >= 0.3 is 0 Å². The summed E-state index contributed by atoms with van der Waals surface area (Å²) in [5.41, 5.74) is 1.96. The van der Waals surface area contributed by atoms with E-state index in [0.29, 0.717) is 29.4 Å². The second-order valence-electron chi connectivity index (χ2n) is 4.81. The minimum Gasteiger partial charge on any atom is -0.493 e. The summed E-state index contributed by atoms with van der Waals surface area (Å²) in [5.74, 6) is 1.04. The zero-order valence-electron chi connectivity index (χ0n) is 12.8. The van der Waals surface area contributed by atoms with Crippen LogP contribution in [-0.2, 0) is 6.54 Å². The lowest BCUT2D eigenvalue weighted by Crippen LogP contribution is -2.25. The van der Waals surface area contributed by atoms with Crippen molar-refractivity contribution < 1.29 is 14.3 Å². The molecule has 23 heavy (non-hydrogen) atoms. The Bertz CT molecular complexity index is 844. The number of ether oxygens (including phenoxy) is 2. The van der Waals surface area contributed by atoms with Crippen molar-refractivity contribution in [1.82, 2.24) is 19.9 Å². The zero-order chi connectivity index (χ0) is 16.2. The monoisotopic (exact) mass is 312 g/mol. The number of amides is 1. The van der Waals surface area contributed by atoms with Crippen molar-refractivity contribution >= 4 is 11.6 Å². The van der Waals surface area contributed by atoms with Gasteiger partial charge in [0.2, 0.25) is 0 Å². The summed E-state index contributed by atoms with van der Waals surface area (Å²) in [7, 11) is 3.16. The van der Waals surface area contributed by atoms with Crippen LogP contribution in [0.4, 0.5) is 0 Å². The van der Waals surface area contributed by atoms with E-state index in [0.717, 1.165) is 5.56 Å². The predicted molar refractivity (Wildman–Crippen MR) is 83.7 cm³/mol. The maximum absolute atomic E-state index is 12.4. The van der Waals surface area contributed by atoms with E-state index in [4.69, 9.17) is 9.47 Å². The van der Waals surface area contributed by atoms with Crippen LogP contribution in [0.15, 0.2) is 42.7 Å². The zero-order valence-corrected chi connectivity index (χ0v) is 12.8. The highest BCUT2D eigenvalue weighted by Gasteiger charge is 2.11. The van der Waals surface area contributed by atoms with Gasteiger partial charge in [0.25, 0.3) is 5.91 Å². The number of pyridine rings is 1. The number of aromatic nitrogens is 3. The number of hydrogen-bond acceptors (Lipinski definition) is 5. The van der Waals surface area contributed by atoms with Crippen molar-refractivity contribution in [2.24, 2.45) is 0 Å². The third-order valence-corrected chi connectivity index (χ3v) is 3.44. The molecule has 2 heterocycles. The molecule has 0 bridgehead atoms. The van der Waals surface area contributed by atoms with E-state index in [-0.39, 0.29) is 5.91 Å². The predicted octanol–water partition coefficient (Wildman–Crippen LogP) is 1.68. The number of nitrogens with one attached hydrogen (secondary N) is 1. The van der Waals surface area contributed by atoms with Crippen molar-refractivity contribution in [2.75, 3.05) is 14.2 Å². The second kappa shape index (κ2) is 6.35. The van der Waals surface area contributed by atoms with Crippen LogP contribution in [0.1, 0.15) is 16.1 Å². The molecule has 1 N–H and O–H groups in total. The van der Waals surface area contributed by atoms with E-state index >= 15 is 0 Å². The maximum atomic E-state index is 12.4. The molecular formula is C16H16N4O3. The van der Waals surface area contributed by atoms with Gasteiger partial charge in [0.15, 0.2) is 17.1 Å². The van der Waals surface area contributed by atoms with Gasteiger partial charge in [0.1, 0.15) is 12.0 Å². The molecule has 7 heteroatoms. The first kappa shape index (κ1) is 14.8. The number of rotatable bonds is 5. The molecule has 0 saturated carbocycles. The van der Waals surface area contributed by atoms with Crippen molar-refractivity contribution in [3.63, 3.8) is 0 Å². The normalized spacial score (nSPS) is 10.5. The Balaban J connectivity index is 1.75. The summed E-state index contributed by atoms with van der Waals surface area (Å²) >= 11 is 0. The second-order valence-corrected chi connectivity index (χ2v) is 4.81. The van der Waals surface area contributed by atoms with Gasteiger partial charge in [-0.2, -0.15) is 5.10 Å². The topological polar surface area (TPSA) is 77.8 Å². The molecule has 0 unspecified atom stereocenters. The summed E-state index contributed by atoms with van der Waals surface area (Å²) in [5, 5.41) is 6.92. The Hall–Kier alpha value is -3.09. The molecule has 0 spiro atoms. The van der Waals surface area contributed by atoms with Crippen LogP contribution in [0.25, 0.3) is 5.65 Å². The smallest absolute Gasteiger partial charge is 0.270 e. The van der Waals surface area contributed by atoms with Gasteiger partial charge < -0.3 is 14.8 Å². The Labute approximate surface area is 132 Å². The number of carbonyl (C=O) groups is 1. The highest BCUT2D eigenvalue weighted by atomic mass is 16.5. The highest BCUT2D eigenvalue weighted by molar-refractivity contribution is 5.93. The Morgan fingerprint density at radius 2 is 2.00 bits per heavy atom. The molecule has 1 amide bonds. The van der Waals surface area contributed by atoms with Crippen LogP contribution in [-0.4, -0.2) is 34.7 Å². The van der Waals surface area contributed by atoms with Crippen molar-refractivity contribution in [3.8, 4) is 11.5 Å². The van der Waals surface area contributed by atoms with E-state index in [1.807, 2.05) is 12.1 Å². The first-order valence-electron chi connectivity index (χ1n) is 7.01. The molecule has 0 aliphatic heterocycles. The molecule has 0 radical (unpaired) electrons. The average Bonchev–Trinajstić information content (AvgIpc) is 3.07. The van der Waals surface area contributed by atoms with E-state index < -0.39 is 0 Å². The SMILES string of the molecule is COc1ccc(CNC(=O)c2cccc3ncnn23)cc1OC. The van der Waals surface area contributed by atoms with Crippen LogP contribution >= 0.6 is 0 Å². The van der Waals surface area contributed by atoms with Gasteiger partial charge in [-0.25, -0.2) is 9.50 Å². The summed E-state index contributed by atoms with van der Waals surface area (Å²) < 4.78 is 12.0. The van der Waals surface area contributed by atoms with E-state index in [1.165, 1.54) is 10.8 Å². The molecule has 2 aromatic heterocycles. The molecule has 7 nitrogen and oxygen atoms in total. The first-order chi connectivity index (χ1) is 11.2. The lowest BCUT2D eigenvalue weighted by molar-refractivity contribution is 0.0943. The summed E-state index contributed by atoms with van der Waals surface area (Å²) in [4.78, 5) is 16.4. The van der Waals surface area contributed by atoms with Gasteiger partial charge in [-0.05, 0) is 29.8 Å². The van der Waals surface area contributed by atoms with E-state index in [9.17, 15) is 4.79 Å². The molecule has 0 fully saturated rings. The summed E-state index contributed by atoms with van der Waals surface area (Å²) in [6.45, 7) is 0.365. The number of methoxy groups -OCH3 is 2. The number of carbonyl (C=O) groups excluding carboxylic acids is 1. The first-order valence-corrected chi connectivity index (χ1v) is 7.01. The Morgan fingerprint density at radius 3 is 2.78 bits per heavy atom. The molecular weight excluding hydrogens is 296 g/mol. The van der Waals surface area contributed by atoms with Gasteiger partial charge in [0, 0.05) is 6.54 Å². The molecule has 1 aromatic carbocycles. The molecule has 0 atom stereocenters. The third-order valence-electron chi connectivity index (χ3n) is 3.44. The largest absolute Gasteiger partial charge is 0.493 e. The van der Waals surface area contributed by atoms with Crippen molar-refractivity contribution in [1.29, 1.82) is 0 Å². The van der Waals surface area contributed by atoms with Gasteiger partial charge in [-0.1, -0.05) is 12.1 Å². The van der Waals surface area contributed by atoms with Crippen LogP contribution in [0.3, 0.4) is 0 Å². The standard InChI is InChI=1S/C16H16N4O3/c1-22-13-7-6-11(8-14(13)23-2)9-17-16(21)12-4-3-5-15-18-10-19-20(12)15/h3-8,10H,9H2,1-2H3,(H,17,21). The minimum absolute atomic E-state index is 0.226. The van der Waals surface area contributed by atoms with E-state index in [1.54, 1.807) is 38.5 Å². The van der Waals surface area contributed by atoms with Gasteiger partial charge in [-0.3, -0.25) is 4.79 Å². The lowest BCUT2D eigenvalue weighted by atomic mass is 10.2. The van der Waals surface area contributed by atoms with Crippen LogP contribution < -0.4 is 14.8 Å². The summed E-state index contributed by atoms with van der Waals surface area (Å²) in [6.07, 6.45) is 1.42. The maximum Gasteiger partial charge on any atom is 0.270 e. The van der Waals surface area contributed by atoms with E-state index in [2.05, 4.69) is 15.4 Å². The molecule has 3 rings (SSSR count). The number of nitrogens with zero attached hydrogens (tertiary/aromatic N) is 3.